The molecule has 11 heavy (non-hydrogen) atoms. The van der Waals surface area contributed by atoms with E-state index in [1.165, 1.54) is 0 Å². The molecule has 0 aliphatic heterocycles. The third kappa shape index (κ3) is 1.92. The van der Waals surface area contributed by atoms with E-state index in [4.69, 9.17) is 0 Å². The Morgan fingerprint density at radius 3 is 2.55 bits per heavy atom. The van der Waals surface area contributed by atoms with E-state index in [0.717, 1.165) is 0 Å². The summed E-state index contributed by atoms with van der Waals surface area (Å²) in [4.78, 5) is 0. The summed E-state index contributed by atoms with van der Waals surface area (Å²) in [5.41, 5.74) is 0. The van der Waals surface area contributed by atoms with E-state index in [2.05, 4.69) is 20.8 Å². The molecule has 0 radical (unpaired) electrons. The largest absolute Gasteiger partial charge is 0.207 e. The summed E-state index contributed by atoms with van der Waals surface area (Å²) in [6.45, 7) is 6.39. The second-order valence-corrected chi connectivity index (χ2v) is 3.59. The molecule has 0 nitrogen and oxygen atoms in total. The van der Waals surface area contributed by atoms with Crippen LogP contribution in [0.5, 0.6) is 0 Å². The lowest BCUT2D eigenvalue weighted by molar-refractivity contribution is 0.371. The monoisotopic (exact) mass is 154 g/mol. The number of hydrogen-bond donors (Lipinski definition) is 0. The Balaban J connectivity index is 2.73. The number of hydrogen-bond acceptors (Lipinski definition) is 0. The van der Waals surface area contributed by atoms with E-state index in [1.54, 1.807) is 12.2 Å². The van der Waals surface area contributed by atoms with Crippen molar-refractivity contribution in [3.05, 3.63) is 24.1 Å². The molecule has 1 rings (SSSR count). The Labute approximate surface area is 67.8 Å². The third-order valence-electron chi connectivity index (χ3n) is 2.29. The van der Waals surface area contributed by atoms with Crippen LogP contribution in [0.1, 0.15) is 20.8 Å². The summed E-state index contributed by atoms with van der Waals surface area (Å²) in [6.07, 6.45) is 5.24. The Morgan fingerprint density at radius 2 is 2.09 bits per heavy atom. The molecule has 0 bridgehead atoms. The summed E-state index contributed by atoms with van der Waals surface area (Å²) >= 11 is 0. The molecular formula is C10H15F. The van der Waals surface area contributed by atoms with Crippen LogP contribution in [0.2, 0.25) is 0 Å². The first-order valence-electron chi connectivity index (χ1n) is 4.17. The zero-order valence-electron chi connectivity index (χ0n) is 7.34. The van der Waals surface area contributed by atoms with Crippen molar-refractivity contribution in [2.75, 3.05) is 0 Å². The molecule has 1 aliphatic carbocycles. The predicted octanol–water partition coefficient (Wildman–Crippen LogP) is 3.32. The van der Waals surface area contributed by atoms with Gasteiger partial charge in [0.1, 0.15) is 5.83 Å². The fourth-order valence-corrected chi connectivity index (χ4v) is 1.56. The lowest BCUT2D eigenvalue weighted by Gasteiger charge is -2.24. The van der Waals surface area contributed by atoms with Crippen molar-refractivity contribution in [2.45, 2.75) is 20.8 Å². The van der Waals surface area contributed by atoms with Gasteiger partial charge in [-0.15, -0.1) is 0 Å². The first kappa shape index (κ1) is 8.51. The van der Waals surface area contributed by atoms with E-state index in [1.807, 2.05) is 6.08 Å². The van der Waals surface area contributed by atoms with Crippen molar-refractivity contribution in [1.29, 1.82) is 0 Å². The second kappa shape index (κ2) is 3.21. The molecule has 0 amide bonds. The number of allylic oxidation sites excluding steroid dienone is 4. The van der Waals surface area contributed by atoms with Crippen LogP contribution >= 0.6 is 0 Å². The molecule has 0 heterocycles. The van der Waals surface area contributed by atoms with Crippen molar-refractivity contribution in [3.8, 4) is 0 Å². The van der Waals surface area contributed by atoms with Crippen molar-refractivity contribution >= 4 is 0 Å². The van der Waals surface area contributed by atoms with Gasteiger partial charge in [-0.25, -0.2) is 4.39 Å². The van der Waals surface area contributed by atoms with Crippen molar-refractivity contribution in [3.63, 3.8) is 0 Å². The molecule has 0 aromatic rings. The van der Waals surface area contributed by atoms with Gasteiger partial charge in [-0.2, -0.15) is 0 Å². The summed E-state index contributed by atoms with van der Waals surface area (Å²) < 4.78 is 12.7. The Morgan fingerprint density at radius 1 is 1.45 bits per heavy atom. The molecule has 0 aromatic carbocycles. The lowest BCUT2D eigenvalue weighted by Crippen LogP contribution is -2.16. The van der Waals surface area contributed by atoms with Gasteiger partial charge in [0.2, 0.25) is 0 Å². The molecule has 0 fully saturated rings. The van der Waals surface area contributed by atoms with Gasteiger partial charge in [0.25, 0.3) is 0 Å². The van der Waals surface area contributed by atoms with Crippen LogP contribution in [0.3, 0.4) is 0 Å². The first-order valence-corrected chi connectivity index (χ1v) is 4.17. The summed E-state index contributed by atoms with van der Waals surface area (Å²) in [7, 11) is 0. The van der Waals surface area contributed by atoms with Crippen molar-refractivity contribution in [1.82, 2.24) is 0 Å². The van der Waals surface area contributed by atoms with Crippen LogP contribution in [0, 0.1) is 17.8 Å². The van der Waals surface area contributed by atoms with Gasteiger partial charge in [0.05, 0.1) is 0 Å². The zero-order chi connectivity index (χ0) is 8.43. The topological polar surface area (TPSA) is 0 Å². The van der Waals surface area contributed by atoms with Gasteiger partial charge in [0.15, 0.2) is 0 Å². The molecule has 2 atom stereocenters. The molecule has 2 unspecified atom stereocenters. The van der Waals surface area contributed by atoms with Crippen LogP contribution in [0.25, 0.3) is 0 Å². The fourth-order valence-electron chi connectivity index (χ4n) is 1.56. The van der Waals surface area contributed by atoms with Gasteiger partial charge in [-0.3, -0.25) is 0 Å². The maximum atomic E-state index is 12.7. The van der Waals surface area contributed by atoms with E-state index in [9.17, 15) is 4.39 Å². The maximum Gasteiger partial charge on any atom is 0.119 e. The van der Waals surface area contributed by atoms with Gasteiger partial charge < -0.3 is 0 Å². The van der Waals surface area contributed by atoms with E-state index in [-0.39, 0.29) is 5.83 Å². The highest BCUT2D eigenvalue weighted by Crippen LogP contribution is 2.28. The molecular weight excluding hydrogens is 139 g/mol. The molecule has 1 aliphatic rings. The Hall–Kier alpha value is -0.590. The standard InChI is InChI=1S/C10H15F/c1-7(2)10-6-9(11)5-4-8(10)3/h4-8,10H,1-3H3. The second-order valence-electron chi connectivity index (χ2n) is 3.59. The van der Waals surface area contributed by atoms with Crippen LogP contribution < -0.4 is 0 Å². The lowest BCUT2D eigenvalue weighted by atomic mass is 9.82. The third-order valence-corrected chi connectivity index (χ3v) is 2.29. The van der Waals surface area contributed by atoms with Gasteiger partial charge >= 0.3 is 0 Å². The van der Waals surface area contributed by atoms with Gasteiger partial charge in [-0.05, 0) is 29.9 Å². The average molecular weight is 154 g/mol. The highest BCUT2D eigenvalue weighted by atomic mass is 19.1. The summed E-state index contributed by atoms with van der Waals surface area (Å²) in [5.74, 6) is 1.30. The summed E-state index contributed by atoms with van der Waals surface area (Å²) in [6, 6.07) is 0. The molecule has 62 valence electrons. The predicted molar refractivity (Wildman–Crippen MR) is 45.8 cm³/mol. The van der Waals surface area contributed by atoms with E-state index < -0.39 is 0 Å². The number of halogens is 1. The smallest absolute Gasteiger partial charge is 0.119 e. The molecule has 0 saturated carbocycles. The van der Waals surface area contributed by atoms with Crippen molar-refractivity contribution < 1.29 is 4.39 Å². The molecule has 0 aromatic heterocycles. The van der Waals surface area contributed by atoms with E-state index in [0.29, 0.717) is 17.8 Å². The maximum absolute atomic E-state index is 12.7. The highest BCUT2D eigenvalue weighted by Gasteiger charge is 2.19. The Kier molecular flexibility index (Phi) is 2.48. The number of rotatable bonds is 1. The molecule has 0 saturated heterocycles. The minimum Gasteiger partial charge on any atom is -0.207 e. The highest BCUT2D eigenvalue weighted by molar-refractivity contribution is 5.19. The van der Waals surface area contributed by atoms with Crippen LogP contribution in [0.4, 0.5) is 4.39 Å². The molecule has 1 heteroatoms. The normalized spacial score (nSPS) is 30.8. The van der Waals surface area contributed by atoms with Gasteiger partial charge in [-0.1, -0.05) is 26.8 Å². The average Bonchev–Trinajstić information content (AvgIpc) is 1.94. The minimum atomic E-state index is -0.0817. The SMILES string of the molecule is CC(C)C1C=C(F)C=CC1C. The quantitative estimate of drug-likeness (QED) is 0.543. The summed E-state index contributed by atoms with van der Waals surface area (Å²) in [5, 5.41) is 0. The molecule has 0 spiro atoms. The van der Waals surface area contributed by atoms with E-state index >= 15 is 0 Å². The molecule has 0 N–H and O–H groups in total. The van der Waals surface area contributed by atoms with Gasteiger partial charge in [0, 0.05) is 0 Å². The Bertz CT molecular complexity index is 189. The fraction of sp³-hybridized carbons (Fsp3) is 0.600. The zero-order valence-corrected chi connectivity index (χ0v) is 7.34. The van der Waals surface area contributed by atoms with Crippen molar-refractivity contribution in [2.24, 2.45) is 17.8 Å². The first-order chi connectivity index (χ1) is 5.11. The minimum absolute atomic E-state index is 0.0817. The van der Waals surface area contributed by atoms with Crippen LogP contribution in [-0.4, -0.2) is 0 Å². The van der Waals surface area contributed by atoms with Crippen LogP contribution in [-0.2, 0) is 0 Å². The van der Waals surface area contributed by atoms with Crippen LogP contribution in [0.15, 0.2) is 24.1 Å².